The van der Waals surface area contributed by atoms with Gasteiger partial charge in [-0.2, -0.15) is 0 Å². The van der Waals surface area contributed by atoms with Crippen LogP contribution in [0.3, 0.4) is 0 Å². The summed E-state index contributed by atoms with van der Waals surface area (Å²) in [7, 11) is 11.3. The van der Waals surface area contributed by atoms with Gasteiger partial charge in [-0.25, -0.2) is 4.39 Å². The summed E-state index contributed by atoms with van der Waals surface area (Å²) in [5, 5.41) is 40.7. The molecular weight excluding hydrogens is 1360 g/mol. The maximum atomic E-state index is 13.3. The van der Waals surface area contributed by atoms with Gasteiger partial charge < -0.3 is 57.8 Å². The monoisotopic (exact) mass is 1440 g/mol. The third-order valence-corrected chi connectivity index (χ3v) is 19.5. The van der Waals surface area contributed by atoms with Crippen LogP contribution in [0, 0.1) is 36.2 Å². The topological polar surface area (TPSA) is 276 Å². The van der Waals surface area contributed by atoms with Gasteiger partial charge in [0.2, 0.25) is 0 Å². The van der Waals surface area contributed by atoms with Crippen LogP contribution in [0.15, 0.2) is 147 Å². The molecule has 7 heterocycles. The highest BCUT2D eigenvalue weighted by molar-refractivity contribution is 7.12. The minimum Gasteiger partial charge on any atom is -0.362 e. The second-order valence-electron chi connectivity index (χ2n) is 25.1. The van der Waals surface area contributed by atoms with Gasteiger partial charge in [0, 0.05) is 145 Å². The number of anilines is 3. The number of fused-ring (bicyclic) bond motifs is 3. The first-order valence-electron chi connectivity index (χ1n) is 32.6. The number of halogens is 3. The number of amides is 3. The van der Waals surface area contributed by atoms with Crippen molar-refractivity contribution < 1.29 is 33.5 Å². The molecule has 27 nitrogen and oxygen atoms in total. The highest BCUT2D eigenvalue weighted by Gasteiger charge is 2.36. The zero-order valence-corrected chi connectivity index (χ0v) is 58.9. The van der Waals surface area contributed by atoms with Crippen LogP contribution in [0.1, 0.15) is 30.4 Å². The van der Waals surface area contributed by atoms with E-state index in [-0.39, 0.29) is 17.7 Å². The van der Waals surface area contributed by atoms with Crippen molar-refractivity contribution in [2.24, 2.45) is 0 Å². The first-order chi connectivity index (χ1) is 48.3. The summed E-state index contributed by atoms with van der Waals surface area (Å²) in [4.78, 5) is 130. The van der Waals surface area contributed by atoms with Crippen molar-refractivity contribution in [1.82, 2.24) is 43.1 Å². The number of benzene rings is 5. The lowest BCUT2D eigenvalue weighted by Gasteiger charge is -2.36. The number of piperazine rings is 3. The number of likely N-dealkylation sites (N-methyl/N-ethyl adjacent to an activating group) is 3. The molecular formula is C70H76Cl2FN15O12S. The van der Waals surface area contributed by atoms with Crippen molar-refractivity contribution in [2.45, 2.75) is 19.6 Å². The number of para-hydroxylation sites is 3. The van der Waals surface area contributed by atoms with Gasteiger partial charge in [0.15, 0.2) is 0 Å². The lowest BCUT2D eigenvalue weighted by molar-refractivity contribution is -0.385. The van der Waals surface area contributed by atoms with Crippen LogP contribution in [0.5, 0.6) is 0 Å². The van der Waals surface area contributed by atoms with Gasteiger partial charge in [-0.05, 0) is 114 Å². The molecule has 3 saturated heterocycles. The maximum absolute atomic E-state index is 13.3. The van der Waals surface area contributed by atoms with E-state index in [4.69, 9.17) is 23.2 Å². The number of nitro groups is 3. The van der Waals surface area contributed by atoms with E-state index in [0.29, 0.717) is 194 Å². The molecule has 0 N–H and O–H groups in total. The first kappa shape index (κ1) is 73.5. The van der Waals surface area contributed by atoms with E-state index in [1.54, 1.807) is 63.2 Å². The van der Waals surface area contributed by atoms with Crippen LogP contribution in [0.2, 0.25) is 10.0 Å². The van der Waals surface area contributed by atoms with Gasteiger partial charge in [0.05, 0.1) is 46.2 Å². The molecule has 0 saturated carbocycles. The van der Waals surface area contributed by atoms with Gasteiger partial charge in [-0.3, -0.25) is 59.1 Å². The first-order valence-corrected chi connectivity index (χ1v) is 34.2. The van der Waals surface area contributed by atoms with E-state index in [0.717, 1.165) is 0 Å². The van der Waals surface area contributed by atoms with Gasteiger partial charge in [0.25, 0.3) is 17.7 Å². The molecule has 5 aromatic carbocycles. The van der Waals surface area contributed by atoms with Crippen molar-refractivity contribution >= 4 is 119 Å². The number of nitrogens with zero attached hydrogens (tertiary/aromatic N) is 15. The number of pyridine rings is 3. The average molecular weight is 1440 g/mol. The summed E-state index contributed by atoms with van der Waals surface area (Å²) in [6.07, 6.45) is 0. The SMILES string of the molecule is CN(C)CCn1c(=O)c([N+](=O)[O-])c(N2CCN(C(=O)c3ccc(Cl)c(Cl)c3)CC2)c2ccccc21.CN(C)CCn1c(=O)c([N+](=O)[O-])c(N2CCN(C(=O)c3ccc(F)cc3)CC2)c2ccccc21.CN(C)CCn1c(=O)c([N+](=O)[O-])c(N2CCN(C(=O)c3cccs3)CC2)c2ccccc21. The standard InChI is InChI=1S/C24H25Cl2N5O4.C24H26FN5O4.C22H25N5O4S/c1-27(2)9-14-30-20-6-4-3-5-17(20)21(22(24(30)33)31(34)35)28-10-12-29(13-11-28)23(32)16-7-8-18(25)19(26)15-16;1-26(2)11-16-29-20-6-4-3-5-19(20)21(22(24(29)32)30(33)34)27-12-14-28(15-13-27)23(31)17-7-9-18(25)10-8-17;1-23(2)9-14-26-17-7-4-3-6-16(17)19(20(22(26)29)27(30)31)24-10-12-25(13-11-24)21(28)18-8-5-15-32-18/h3-8,15H,9-14H2,1-2H3;3-10H,11-16H2,1-2H3;3-8,15H,9-14H2,1-2H3. The Kier molecular flexibility index (Phi) is 23.6. The fourth-order valence-corrected chi connectivity index (χ4v) is 13.7. The van der Waals surface area contributed by atoms with Crippen LogP contribution in [-0.2, 0) is 19.6 Å². The second kappa shape index (κ2) is 32.4. The molecule has 9 aromatic rings. The van der Waals surface area contributed by atoms with Gasteiger partial charge >= 0.3 is 33.7 Å². The van der Waals surface area contributed by atoms with Gasteiger partial charge in [0.1, 0.15) is 22.9 Å². The van der Waals surface area contributed by atoms with Crippen molar-refractivity contribution in [3.05, 3.63) is 226 Å². The minimum absolute atomic E-state index is 0.0295. The Hall–Kier alpha value is -10.2. The number of carbonyl (C=O) groups excluding carboxylic acids is 3. The Morgan fingerprint density at radius 1 is 0.436 bits per heavy atom. The maximum Gasteiger partial charge on any atom is 0.357 e. The fraction of sp³-hybridized carbons (Fsp3) is 0.343. The number of carbonyl (C=O) groups is 3. The number of thiophene rings is 1. The molecule has 3 aliphatic rings. The van der Waals surface area contributed by atoms with Crippen LogP contribution in [0.4, 0.5) is 38.5 Å². The van der Waals surface area contributed by atoms with Crippen molar-refractivity contribution in [3.63, 3.8) is 0 Å². The molecule has 101 heavy (non-hydrogen) atoms. The summed E-state index contributed by atoms with van der Waals surface area (Å²) in [6, 6.07) is 35.5. The predicted molar refractivity (Wildman–Crippen MR) is 392 cm³/mol. The Bertz CT molecular complexity index is 4780. The van der Waals surface area contributed by atoms with E-state index in [1.165, 1.54) is 55.4 Å². The third kappa shape index (κ3) is 16.4. The largest absolute Gasteiger partial charge is 0.362 e. The predicted octanol–water partition coefficient (Wildman–Crippen LogP) is 8.81. The summed E-state index contributed by atoms with van der Waals surface area (Å²) in [6.45, 7) is 7.13. The van der Waals surface area contributed by atoms with E-state index in [2.05, 4.69) is 0 Å². The molecule has 4 aromatic heterocycles. The molecule has 0 radical (unpaired) electrons. The molecule has 530 valence electrons. The van der Waals surface area contributed by atoms with Crippen molar-refractivity contribution in [2.75, 3.05) is 155 Å². The number of aromatic nitrogens is 3. The Morgan fingerprint density at radius 2 is 0.762 bits per heavy atom. The molecule has 3 aliphatic heterocycles. The molecule has 12 rings (SSSR count). The summed E-state index contributed by atoms with van der Waals surface area (Å²) in [5.74, 6) is -0.862. The van der Waals surface area contributed by atoms with Crippen LogP contribution < -0.4 is 31.4 Å². The molecule has 0 bridgehead atoms. The Labute approximate surface area is 593 Å². The highest BCUT2D eigenvalue weighted by Crippen LogP contribution is 2.38. The smallest absolute Gasteiger partial charge is 0.357 e. The van der Waals surface area contributed by atoms with E-state index in [1.807, 2.05) is 126 Å². The summed E-state index contributed by atoms with van der Waals surface area (Å²) in [5.41, 5.74) is 0.573. The van der Waals surface area contributed by atoms with E-state index >= 15 is 0 Å². The van der Waals surface area contributed by atoms with E-state index in [9.17, 15) is 63.5 Å². The molecule has 0 atom stereocenters. The molecule has 31 heteroatoms. The van der Waals surface area contributed by atoms with Crippen LogP contribution >= 0.6 is 34.5 Å². The van der Waals surface area contributed by atoms with Crippen molar-refractivity contribution in [1.29, 1.82) is 0 Å². The lowest BCUT2D eigenvalue weighted by atomic mass is 10.1. The molecule has 3 amide bonds. The summed E-state index contributed by atoms with van der Waals surface area (Å²) < 4.78 is 17.6. The molecule has 0 unspecified atom stereocenters. The lowest BCUT2D eigenvalue weighted by Crippen LogP contribution is -2.49. The average Bonchev–Trinajstić information content (AvgIpc) is 0.774. The zero-order chi connectivity index (χ0) is 72.5. The Balaban J connectivity index is 0.000000164. The third-order valence-electron chi connectivity index (χ3n) is 17.9. The zero-order valence-electron chi connectivity index (χ0n) is 56.6. The van der Waals surface area contributed by atoms with Crippen LogP contribution in [-0.4, -0.2) is 216 Å². The minimum atomic E-state index is -0.634. The second-order valence-corrected chi connectivity index (χ2v) is 26.9. The molecule has 0 spiro atoms. The quantitative estimate of drug-likeness (QED) is 0.0573. The Morgan fingerprint density at radius 3 is 1.08 bits per heavy atom. The number of hydrogen-bond donors (Lipinski definition) is 0. The molecule has 0 aliphatic carbocycles. The number of hydrogen-bond acceptors (Lipinski definition) is 19. The summed E-state index contributed by atoms with van der Waals surface area (Å²) >= 11 is 13.4. The normalized spacial score (nSPS) is 14.2. The van der Waals surface area contributed by atoms with Gasteiger partial charge in [-0.15, -0.1) is 11.3 Å². The van der Waals surface area contributed by atoms with Crippen molar-refractivity contribution in [3.8, 4) is 0 Å². The fourth-order valence-electron chi connectivity index (χ4n) is 12.7. The van der Waals surface area contributed by atoms with Crippen LogP contribution in [0.25, 0.3) is 32.7 Å². The van der Waals surface area contributed by atoms with Gasteiger partial charge in [-0.1, -0.05) is 83.9 Å². The highest BCUT2D eigenvalue weighted by atomic mass is 35.5. The van der Waals surface area contributed by atoms with E-state index < -0.39 is 54.3 Å². The number of rotatable bonds is 18. The molecule has 3 fully saturated rings.